The molecule has 1 amide bonds. The summed E-state index contributed by atoms with van der Waals surface area (Å²) in [6.07, 6.45) is -1.08. The minimum Gasteiger partial charge on any atom is -0.465 e. The van der Waals surface area contributed by atoms with E-state index < -0.39 is 6.09 Å². The Morgan fingerprint density at radius 2 is 1.70 bits per heavy atom. The van der Waals surface area contributed by atoms with Crippen LogP contribution in [0.2, 0.25) is 0 Å². The van der Waals surface area contributed by atoms with Crippen LogP contribution in [-0.2, 0) is 0 Å². The SMILES string of the molecule is Cc1ccc(Nc2c3ccccc3nc3c(C)cccc23)cc1NC(=O)O. The number of pyridine rings is 1. The van der Waals surface area contributed by atoms with Gasteiger partial charge in [-0.15, -0.1) is 0 Å². The molecule has 4 aromatic rings. The zero-order valence-corrected chi connectivity index (χ0v) is 15.1. The number of fused-ring (bicyclic) bond motifs is 2. The monoisotopic (exact) mass is 357 g/mol. The zero-order valence-electron chi connectivity index (χ0n) is 15.1. The van der Waals surface area contributed by atoms with Crippen molar-refractivity contribution in [3.63, 3.8) is 0 Å². The van der Waals surface area contributed by atoms with Crippen LogP contribution in [0.5, 0.6) is 0 Å². The van der Waals surface area contributed by atoms with Gasteiger partial charge in [0.1, 0.15) is 0 Å². The van der Waals surface area contributed by atoms with Crippen LogP contribution in [0, 0.1) is 13.8 Å². The highest BCUT2D eigenvalue weighted by Gasteiger charge is 2.11. The Kier molecular flexibility index (Phi) is 4.12. The fourth-order valence-corrected chi connectivity index (χ4v) is 3.29. The maximum absolute atomic E-state index is 11.0. The summed E-state index contributed by atoms with van der Waals surface area (Å²) in [6, 6.07) is 19.8. The van der Waals surface area contributed by atoms with Crippen molar-refractivity contribution >= 4 is 45.0 Å². The summed E-state index contributed by atoms with van der Waals surface area (Å²) in [5, 5.41) is 17.0. The summed E-state index contributed by atoms with van der Waals surface area (Å²) in [5.41, 5.74) is 6.17. The van der Waals surface area contributed by atoms with Gasteiger partial charge in [0.25, 0.3) is 0 Å². The lowest BCUT2D eigenvalue weighted by Crippen LogP contribution is -2.08. The van der Waals surface area contributed by atoms with E-state index >= 15 is 0 Å². The summed E-state index contributed by atoms with van der Waals surface area (Å²) < 4.78 is 0. The lowest BCUT2D eigenvalue weighted by molar-refractivity contribution is 0.209. The third-order valence-electron chi connectivity index (χ3n) is 4.66. The van der Waals surface area contributed by atoms with Crippen LogP contribution in [0.3, 0.4) is 0 Å². The van der Waals surface area contributed by atoms with E-state index in [-0.39, 0.29) is 0 Å². The van der Waals surface area contributed by atoms with E-state index in [4.69, 9.17) is 10.1 Å². The molecule has 0 radical (unpaired) electrons. The number of anilines is 3. The maximum Gasteiger partial charge on any atom is 0.409 e. The van der Waals surface area contributed by atoms with E-state index in [1.165, 1.54) is 0 Å². The smallest absolute Gasteiger partial charge is 0.409 e. The number of nitrogens with zero attached hydrogens (tertiary/aromatic N) is 1. The van der Waals surface area contributed by atoms with E-state index in [0.717, 1.165) is 44.3 Å². The van der Waals surface area contributed by atoms with Crippen LogP contribution in [0.4, 0.5) is 21.9 Å². The molecule has 0 bridgehead atoms. The van der Waals surface area contributed by atoms with Gasteiger partial charge in [0.2, 0.25) is 0 Å². The van der Waals surface area contributed by atoms with Gasteiger partial charge < -0.3 is 10.4 Å². The lowest BCUT2D eigenvalue weighted by atomic mass is 10.0. The lowest BCUT2D eigenvalue weighted by Gasteiger charge is -2.15. The molecule has 4 rings (SSSR count). The number of hydrogen-bond acceptors (Lipinski definition) is 3. The molecular formula is C22H19N3O2. The number of aryl methyl sites for hydroxylation is 2. The molecular weight excluding hydrogens is 338 g/mol. The molecule has 3 aromatic carbocycles. The number of amides is 1. The minimum absolute atomic E-state index is 0.561. The van der Waals surface area contributed by atoms with Crippen molar-refractivity contribution in [1.29, 1.82) is 0 Å². The summed E-state index contributed by atoms with van der Waals surface area (Å²) in [6.45, 7) is 3.92. The average Bonchev–Trinajstić information content (AvgIpc) is 2.64. The zero-order chi connectivity index (χ0) is 19.0. The van der Waals surface area contributed by atoms with Gasteiger partial charge >= 0.3 is 6.09 Å². The number of para-hydroxylation sites is 2. The Labute approximate surface area is 156 Å². The Hall–Kier alpha value is -3.60. The van der Waals surface area contributed by atoms with Crippen LogP contribution in [0.25, 0.3) is 21.8 Å². The van der Waals surface area contributed by atoms with Gasteiger partial charge in [0.15, 0.2) is 0 Å². The van der Waals surface area contributed by atoms with E-state index in [1.54, 1.807) is 6.07 Å². The van der Waals surface area contributed by atoms with Gasteiger partial charge in [-0.05, 0) is 43.2 Å². The molecule has 0 saturated carbocycles. The summed E-state index contributed by atoms with van der Waals surface area (Å²) in [4.78, 5) is 15.9. The van der Waals surface area contributed by atoms with Crippen LogP contribution in [-0.4, -0.2) is 16.2 Å². The second-order valence-corrected chi connectivity index (χ2v) is 6.56. The van der Waals surface area contributed by atoms with Gasteiger partial charge in [-0.2, -0.15) is 0 Å². The van der Waals surface area contributed by atoms with Crippen molar-refractivity contribution < 1.29 is 9.90 Å². The molecule has 27 heavy (non-hydrogen) atoms. The molecule has 0 atom stereocenters. The van der Waals surface area contributed by atoms with Gasteiger partial charge in [-0.3, -0.25) is 5.32 Å². The quantitative estimate of drug-likeness (QED) is 0.403. The van der Waals surface area contributed by atoms with E-state index in [1.807, 2.05) is 49.4 Å². The van der Waals surface area contributed by atoms with Gasteiger partial charge in [0.05, 0.1) is 16.7 Å². The Bertz CT molecular complexity index is 1180. The maximum atomic E-state index is 11.0. The molecule has 5 nitrogen and oxygen atoms in total. The van der Waals surface area contributed by atoms with E-state index in [9.17, 15) is 4.79 Å². The van der Waals surface area contributed by atoms with Gasteiger partial charge in [-0.1, -0.05) is 42.5 Å². The molecule has 0 aliphatic rings. The molecule has 0 spiro atoms. The molecule has 5 heteroatoms. The third kappa shape index (κ3) is 3.15. The standard InChI is InChI=1S/C22H19N3O2/c1-13-10-11-15(12-19(13)25-22(26)27)23-21-16-7-3-4-9-18(16)24-20-14(2)6-5-8-17(20)21/h3-12,25H,1-2H3,(H,23,24)(H,26,27). The first kappa shape index (κ1) is 16.8. The largest absolute Gasteiger partial charge is 0.465 e. The van der Waals surface area contributed by atoms with Crippen molar-refractivity contribution in [3.8, 4) is 0 Å². The van der Waals surface area contributed by atoms with Crippen LogP contribution in [0.15, 0.2) is 60.7 Å². The van der Waals surface area contributed by atoms with Gasteiger partial charge in [0, 0.05) is 22.1 Å². The average molecular weight is 357 g/mol. The Morgan fingerprint density at radius 3 is 2.52 bits per heavy atom. The minimum atomic E-state index is -1.08. The number of benzene rings is 3. The first-order valence-corrected chi connectivity index (χ1v) is 8.68. The number of rotatable bonds is 3. The van der Waals surface area contributed by atoms with Crippen molar-refractivity contribution in [2.24, 2.45) is 0 Å². The van der Waals surface area contributed by atoms with E-state index in [2.05, 4.69) is 29.7 Å². The topological polar surface area (TPSA) is 74.2 Å². The molecule has 1 aromatic heterocycles. The molecule has 0 fully saturated rings. The predicted molar refractivity (Wildman–Crippen MR) is 110 cm³/mol. The highest BCUT2D eigenvalue weighted by atomic mass is 16.4. The number of nitrogens with one attached hydrogen (secondary N) is 2. The molecule has 1 heterocycles. The second-order valence-electron chi connectivity index (χ2n) is 6.56. The van der Waals surface area contributed by atoms with Crippen molar-refractivity contribution in [2.45, 2.75) is 13.8 Å². The highest BCUT2D eigenvalue weighted by Crippen LogP contribution is 2.35. The van der Waals surface area contributed by atoms with Crippen LogP contribution < -0.4 is 10.6 Å². The normalized spacial score (nSPS) is 10.9. The highest BCUT2D eigenvalue weighted by molar-refractivity contribution is 6.09. The number of carbonyl (C=O) groups is 1. The molecule has 134 valence electrons. The van der Waals surface area contributed by atoms with Crippen LogP contribution in [0.1, 0.15) is 11.1 Å². The second kappa shape index (κ2) is 6.61. The van der Waals surface area contributed by atoms with Crippen molar-refractivity contribution in [3.05, 3.63) is 71.8 Å². The molecule has 3 N–H and O–H groups in total. The number of hydrogen-bond donors (Lipinski definition) is 3. The molecule has 0 unspecified atom stereocenters. The summed E-state index contributed by atoms with van der Waals surface area (Å²) in [5.74, 6) is 0. The molecule has 0 saturated heterocycles. The van der Waals surface area contributed by atoms with Gasteiger partial charge in [-0.25, -0.2) is 9.78 Å². The number of carboxylic acid groups (broad SMARTS) is 1. The first-order chi connectivity index (χ1) is 13.0. The van der Waals surface area contributed by atoms with Crippen molar-refractivity contribution in [2.75, 3.05) is 10.6 Å². The molecule has 0 aliphatic carbocycles. The summed E-state index contributed by atoms with van der Waals surface area (Å²) >= 11 is 0. The third-order valence-corrected chi connectivity index (χ3v) is 4.66. The fraction of sp³-hybridized carbons (Fsp3) is 0.0909. The number of aromatic nitrogens is 1. The first-order valence-electron chi connectivity index (χ1n) is 8.68. The van der Waals surface area contributed by atoms with Crippen molar-refractivity contribution in [1.82, 2.24) is 4.98 Å². The fourth-order valence-electron chi connectivity index (χ4n) is 3.29. The molecule has 0 aliphatic heterocycles. The summed E-state index contributed by atoms with van der Waals surface area (Å²) in [7, 11) is 0. The Balaban J connectivity index is 1.90. The predicted octanol–water partition coefficient (Wildman–Crippen LogP) is 5.84. The Morgan fingerprint density at radius 1 is 0.926 bits per heavy atom. The van der Waals surface area contributed by atoms with E-state index in [0.29, 0.717) is 5.69 Å². The van der Waals surface area contributed by atoms with Crippen LogP contribution >= 0.6 is 0 Å².